The predicted molar refractivity (Wildman–Crippen MR) is 77.5 cm³/mol. The summed E-state index contributed by atoms with van der Waals surface area (Å²) >= 11 is 0. The molecule has 1 aliphatic heterocycles. The fourth-order valence-corrected chi connectivity index (χ4v) is 3.04. The highest BCUT2D eigenvalue weighted by Gasteiger charge is 2.23. The molecule has 2 N–H and O–H groups in total. The number of hydrogen-bond donors (Lipinski definition) is 1. The molecule has 1 saturated heterocycles. The van der Waals surface area contributed by atoms with Crippen molar-refractivity contribution in [3.63, 3.8) is 0 Å². The van der Waals surface area contributed by atoms with Gasteiger partial charge < -0.3 is 5.73 Å². The van der Waals surface area contributed by atoms with Gasteiger partial charge in [-0.2, -0.15) is 0 Å². The van der Waals surface area contributed by atoms with E-state index < -0.39 is 0 Å². The smallest absolute Gasteiger partial charge is 0.123 e. The van der Waals surface area contributed by atoms with Gasteiger partial charge in [0, 0.05) is 12.6 Å². The Hall–Kier alpha value is -0.930. The van der Waals surface area contributed by atoms with Crippen LogP contribution in [0.2, 0.25) is 0 Å². The molecule has 0 bridgehead atoms. The van der Waals surface area contributed by atoms with Crippen molar-refractivity contribution in [1.29, 1.82) is 0 Å². The lowest BCUT2D eigenvalue weighted by atomic mass is 9.99. The summed E-state index contributed by atoms with van der Waals surface area (Å²) in [6.07, 6.45) is 3.72. The van der Waals surface area contributed by atoms with E-state index in [-0.39, 0.29) is 11.9 Å². The standard InChI is InChI=1S/C16H25FN2/c1-12-4-3-8-19(9-7-12)16(11-18)15-10-14(17)6-5-13(15)2/h5-6,10,12,16H,3-4,7-9,11,18H2,1-2H3. The minimum atomic E-state index is -0.165. The van der Waals surface area contributed by atoms with Crippen LogP contribution in [0.3, 0.4) is 0 Å². The maximum Gasteiger partial charge on any atom is 0.123 e. The van der Waals surface area contributed by atoms with Crippen LogP contribution in [0.1, 0.15) is 43.4 Å². The third-order valence-corrected chi connectivity index (χ3v) is 4.32. The second-order valence-electron chi connectivity index (χ2n) is 5.82. The highest BCUT2D eigenvalue weighted by molar-refractivity contribution is 5.30. The van der Waals surface area contributed by atoms with Crippen LogP contribution in [0, 0.1) is 18.7 Å². The molecule has 2 unspecified atom stereocenters. The Morgan fingerprint density at radius 2 is 2.16 bits per heavy atom. The van der Waals surface area contributed by atoms with Crippen molar-refractivity contribution in [1.82, 2.24) is 4.90 Å². The zero-order valence-corrected chi connectivity index (χ0v) is 12.0. The van der Waals surface area contributed by atoms with Crippen LogP contribution in [0.15, 0.2) is 18.2 Å². The molecule has 0 aliphatic carbocycles. The molecule has 2 rings (SSSR count). The summed E-state index contributed by atoms with van der Waals surface area (Å²) in [7, 11) is 0. The molecule has 1 aliphatic rings. The third-order valence-electron chi connectivity index (χ3n) is 4.32. The summed E-state index contributed by atoms with van der Waals surface area (Å²) in [6.45, 7) is 7.05. The van der Waals surface area contributed by atoms with Gasteiger partial charge in [-0.3, -0.25) is 4.90 Å². The Labute approximate surface area is 115 Å². The van der Waals surface area contributed by atoms with Gasteiger partial charge in [-0.05, 0) is 68.5 Å². The SMILES string of the molecule is Cc1ccc(F)cc1C(CN)N1CCCC(C)CC1. The Bertz CT molecular complexity index is 419. The molecule has 3 heteroatoms. The van der Waals surface area contributed by atoms with E-state index in [4.69, 9.17) is 5.73 Å². The topological polar surface area (TPSA) is 29.3 Å². The van der Waals surface area contributed by atoms with Crippen molar-refractivity contribution in [3.05, 3.63) is 35.1 Å². The summed E-state index contributed by atoms with van der Waals surface area (Å²) < 4.78 is 13.5. The van der Waals surface area contributed by atoms with E-state index >= 15 is 0 Å². The van der Waals surface area contributed by atoms with Crippen LogP contribution in [-0.2, 0) is 0 Å². The van der Waals surface area contributed by atoms with Gasteiger partial charge in [0.05, 0.1) is 0 Å². The second-order valence-corrected chi connectivity index (χ2v) is 5.82. The van der Waals surface area contributed by atoms with Crippen LogP contribution >= 0.6 is 0 Å². The summed E-state index contributed by atoms with van der Waals surface area (Å²) in [4.78, 5) is 2.44. The first kappa shape index (κ1) is 14.5. The maximum atomic E-state index is 13.5. The van der Waals surface area contributed by atoms with Gasteiger partial charge in [0.2, 0.25) is 0 Å². The summed E-state index contributed by atoms with van der Waals surface area (Å²) in [5.74, 6) is 0.624. The van der Waals surface area contributed by atoms with Gasteiger partial charge in [0.25, 0.3) is 0 Å². The van der Waals surface area contributed by atoms with Gasteiger partial charge in [0.15, 0.2) is 0 Å². The van der Waals surface area contributed by atoms with Gasteiger partial charge >= 0.3 is 0 Å². The Morgan fingerprint density at radius 3 is 2.89 bits per heavy atom. The van der Waals surface area contributed by atoms with Crippen LogP contribution in [-0.4, -0.2) is 24.5 Å². The van der Waals surface area contributed by atoms with E-state index in [0.29, 0.717) is 6.54 Å². The molecule has 1 heterocycles. The van der Waals surface area contributed by atoms with E-state index in [1.165, 1.54) is 25.3 Å². The van der Waals surface area contributed by atoms with E-state index in [2.05, 4.69) is 11.8 Å². The Kier molecular flexibility index (Phi) is 4.94. The Morgan fingerprint density at radius 1 is 1.37 bits per heavy atom. The monoisotopic (exact) mass is 264 g/mol. The molecule has 1 aromatic carbocycles. The fraction of sp³-hybridized carbons (Fsp3) is 0.625. The summed E-state index contributed by atoms with van der Waals surface area (Å²) in [6, 6.07) is 5.19. The van der Waals surface area contributed by atoms with Crippen LogP contribution < -0.4 is 5.73 Å². The van der Waals surface area contributed by atoms with Crippen molar-refractivity contribution < 1.29 is 4.39 Å². The van der Waals surface area contributed by atoms with Crippen molar-refractivity contribution in [2.24, 2.45) is 11.7 Å². The Balaban J connectivity index is 2.21. The van der Waals surface area contributed by atoms with Crippen LogP contribution in [0.5, 0.6) is 0 Å². The third kappa shape index (κ3) is 3.54. The lowest BCUT2D eigenvalue weighted by Gasteiger charge is -2.31. The molecule has 106 valence electrons. The lowest BCUT2D eigenvalue weighted by molar-refractivity contribution is 0.206. The first-order valence-electron chi connectivity index (χ1n) is 7.32. The van der Waals surface area contributed by atoms with Crippen LogP contribution in [0.25, 0.3) is 0 Å². The number of rotatable bonds is 3. The number of nitrogens with zero attached hydrogens (tertiary/aromatic N) is 1. The molecule has 19 heavy (non-hydrogen) atoms. The largest absolute Gasteiger partial charge is 0.329 e. The van der Waals surface area contributed by atoms with Crippen molar-refractivity contribution in [2.75, 3.05) is 19.6 Å². The molecule has 1 aromatic rings. The molecule has 0 radical (unpaired) electrons. The highest BCUT2D eigenvalue weighted by atomic mass is 19.1. The zero-order valence-electron chi connectivity index (χ0n) is 12.0. The quantitative estimate of drug-likeness (QED) is 0.908. The maximum absolute atomic E-state index is 13.5. The number of nitrogens with two attached hydrogens (primary N) is 1. The predicted octanol–water partition coefficient (Wildman–Crippen LogP) is 3.26. The second kappa shape index (κ2) is 6.49. The molecular weight excluding hydrogens is 239 g/mol. The van der Waals surface area contributed by atoms with E-state index in [1.807, 2.05) is 13.0 Å². The normalized spacial score (nSPS) is 23.1. The fourth-order valence-electron chi connectivity index (χ4n) is 3.04. The van der Waals surface area contributed by atoms with Crippen molar-refractivity contribution >= 4 is 0 Å². The number of hydrogen-bond acceptors (Lipinski definition) is 2. The minimum absolute atomic E-state index is 0.154. The molecular formula is C16H25FN2. The molecule has 0 spiro atoms. The molecule has 2 atom stereocenters. The van der Waals surface area contributed by atoms with Gasteiger partial charge in [0.1, 0.15) is 5.82 Å². The molecule has 0 amide bonds. The van der Waals surface area contributed by atoms with Crippen molar-refractivity contribution in [2.45, 2.75) is 39.2 Å². The molecule has 0 saturated carbocycles. The summed E-state index contributed by atoms with van der Waals surface area (Å²) in [5.41, 5.74) is 8.16. The average Bonchev–Trinajstić information content (AvgIpc) is 2.60. The van der Waals surface area contributed by atoms with Crippen molar-refractivity contribution in [3.8, 4) is 0 Å². The highest BCUT2D eigenvalue weighted by Crippen LogP contribution is 2.27. The van der Waals surface area contributed by atoms with Gasteiger partial charge in [-0.1, -0.05) is 13.0 Å². The van der Waals surface area contributed by atoms with E-state index in [9.17, 15) is 4.39 Å². The number of likely N-dealkylation sites (tertiary alicyclic amines) is 1. The molecule has 1 fully saturated rings. The number of benzene rings is 1. The summed E-state index contributed by atoms with van der Waals surface area (Å²) in [5, 5.41) is 0. The number of aryl methyl sites for hydroxylation is 1. The minimum Gasteiger partial charge on any atom is -0.329 e. The first-order valence-corrected chi connectivity index (χ1v) is 7.32. The van der Waals surface area contributed by atoms with Gasteiger partial charge in [-0.15, -0.1) is 0 Å². The molecule has 2 nitrogen and oxygen atoms in total. The van der Waals surface area contributed by atoms with E-state index in [1.54, 1.807) is 6.07 Å². The van der Waals surface area contributed by atoms with Gasteiger partial charge in [-0.25, -0.2) is 4.39 Å². The first-order chi connectivity index (χ1) is 9.11. The van der Waals surface area contributed by atoms with Crippen LogP contribution in [0.4, 0.5) is 4.39 Å². The number of halogens is 1. The lowest BCUT2D eigenvalue weighted by Crippen LogP contribution is -2.35. The molecule has 0 aromatic heterocycles. The average molecular weight is 264 g/mol. The zero-order chi connectivity index (χ0) is 13.8. The van der Waals surface area contributed by atoms with E-state index in [0.717, 1.165) is 30.1 Å².